The number of nitrogens with two attached hydrogens (primary N) is 1. The fourth-order valence-corrected chi connectivity index (χ4v) is 1.81. The Morgan fingerprint density at radius 1 is 1.64 bits per heavy atom. The summed E-state index contributed by atoms with van der Waals surface area (Å²) < 4.78 is 18.4. The van der Waals surface area contributed by atoms with E-state index in [2.05, 4.69) is 21.4 Å². The van der Waals surface area contributed by atoms with Crippen molar-refractivity contribution in [2.24, 2.45) is 5.84 Å². The zero-order valence-corrected chi connectivity index (χ0v) is 9.34. The van der Waals surface area contributed by atoms with Gasteiger partial charge in [0.25, 0.3) is 0 Å². The van der Waals surface area contributed by atoms with Crippen molar-refractivity contribution in [2.75, 3.05) is 13.7 Å². The minimum Gasteiger partial charge on any atom is -0.383 e. The Morgan fingerprint density at radius 2 is 2.36 bits per heavy atom. The molecule has 3 N–H and O–H groups in total. The summed E-state index contributed by atoms with van der Waals surface area (Å²) in [6.07, 6.45) is 0. The van der Waals surface area contributed by atoms with Crippen molar-refractivity contribution in [1.29, 1.82) is 0 Å². The predicted molar refractivity (Wildman–Crippen MR) is 56.0 cm³/mol. The number of benzene rings is 1. The largest absolute Gasteiger partial charge is 0.383 e. The minimum atomic E-state index is -0.284. The SMILES string of the molecule is COCC(NN)c1ccc(F)cc1Br. The van der Waals surface area contributed by atoms with Gasteiger partial charge < -0.3 is 4.74 Å². The summed E-state index contributed by atoms with van der Waals surface area (Å²) in [4.78, 5) is 0. The van der Waals surface area contributed by atoms with Crippen LogP contribution in [0.15, 0.2) is 22.7 Å². The summed E-state index contributed by atoms with van der Waals surface area (Å²) >= 11 is 3.27. The van der Waals surface area contributed by atoms with Crippen LogP contribution in [0.4, 0.5) is 4.39 Å². The Balaban J connectivity index is 2.92. The van der Waals surface area contributed by atoms with Crippen molar-refractivity contribution in [3.05, 3.63) is 34.1 Å². The van der Waals surface area contributed by atoms with Gasteiger partial charge in [-0.2, -0.15) is 0 Å². The van der Waals surface area contributed by atoms with Gasteiger partial charge in [-0.25, -0.2) is 4.39 Å². The van der Waals surface area contributed by atoms with Gasteiger partial charge in [-0.05, 0) is 17.7 Å². The maximum absolute atomic E-state index is 12.8. The molecule has 1 atom stereocenters. The van der Waals surface area contributed by atoms with Crippen molar-refractivity contribution in [3.8, 4) is 0 Å². The molecule has 0 amide bonds. The lowest BCUT2D eigenvalue weighted by molar-refractivity contribution is 0.167. The summed E-state index contributed by atoms with van der Waals surface area (Å²) in [6.45, 7) is 0.431. The molecular weight excluding hydrogens is 251 g/mol. The number of nitrogens with one attached hydrogen (secondary N) is 1. The van der Waals surface area contributed by atoms with Crippen LogP contribution in [0, 0.1) is 5.82 Å². The average Bonchev–Trinajstić information content (AvgIpc) is 2.15. The Kier molecular flexibility index (Phi) is 4.47. The van der Waals surface area contributed by atoms with E-state index in [-0.39, 0.29) is 11.9 Å². The molecule has 1 aromatic carbocycles. The summed E-state index contributed by atoms with van der Waals surface area (Å²) in [7, 11) is 1.59. The topological polar surface area (TPSA) is 47.3 Å². The van der Waals surface area contributed by atoms with Crippen molar-refractivity contribution in [1.82, 2.24) is 5.43 Å². The van der Waals surface area contributed by atoms with Gasteiger partial charge in [0.05, 0.1) is 12.6 Å². The number of halogens is 2. The molecule has 3 nitrogen and oxygen atoms in total. The van der Waals surface area contributed by atoms with E-state index in [0.29, 0.717) is 11.1 Å². The third-order valence-corrected chi connectivity index (χ3v) is 2.56. The lowest BCUT2D eigenvalue weighted by Gasteiger charge is -2.16. The highest BCUT2D eigenvalue weighted by molar-refractivity contribution is 9.10. The second kappa shape index (κ2) is 5.41. The lowest BCUT2D eigenvalue weighted by atomic mass is 10.1. The second-order valence-electron chi connectivity index (χ2n) is 2.84. The molecule has 5 heteroatoms. The molecule has 0 aromatic heterocycles. The first kappa shape index (κ1) is 11.6. The number of rotatable bonds is 4. The highest BCUT2D eigenvalue weighted by Gasteiger charge is 2.12. The monoisotopic (exact) mass is 262 g/mol. The number of hydrogen-bond donors (Lipinski definition) is 2. The Labute approximate surface area is 90.5 Å². The van der Waals surface area contributed by atoms with Crippen LogP contribution in [-0.4, -0.2) is 13.7 Å². The number of hydrogen-bond acceptors (Lipinski definition) is 3. The van der Waals surface area contributed by atoms with Gasteiger partial charge in [0.2, 0.25) is 0 Å². The van der Waals surface area contributed by atoms with Crippen LogP contribution in [0.3, 0.4) is 0 Å². The van der Waals surface area contributed by atoms with Gasteiger partial charge in [-0.3, -0.25) is 11.3 Å². The zero-order chi connectivity index (χ0) is 10.6. The first-order valence-electron chi connectivity index (χ1n) is 4.09. The molecule has 0 aliphatic carbocycles. The van der Waals surface area contributed by atoms with E-state index in [4.69, 9.17) is 10.6 Å². The van der Waals surface area contributed by atoms with Crippen LogP contribution in [0.2, 0.25) is 0 Å². The fourth-order valence-electron chi connectivity index (χ4n) is 1.18. The molecule has 14 heavy (non-hydrogen) atoms. The zero-order valence-electron chi connectivity index (χ0n) is 7.76. The number of hydrazine groups is 1. The van der Waals surface area contributed by atoms with Gasteiger partial charge in [-0.1, -0.05) is 22.0 Å². The van der Waals surface area contributed by atoms with Crippen LogP contribution in [-0.2, 0) is 4.74 Å². The van der Waals surface area contributed by atoms with E-state index in [1.807, 2.05) is 0 Å². The van der Waals surface area contributed by atoms with Crippen LogP contribution >= 0.6 is 15.9 Å². The molecule has 0 aliphatic rings. The first-order chi connectivity index (χ1) is 6.69. The van der Waals surface area contributed by atoms with E-state index in [9.17, 15) is 4.39 Å². The molecule has 0 spiro atoms. The molecule has 1 unspecified atom stereocenters. The Morgan fingerprint density at radius 3 is 2.86 bits per heavy atom. The average molecular weight is 263 g/mol. The quantitative estimate of drug-likeness (QED) is 0.642. The maximum atomic E-state index is 12.8. The molecular formula is C9H12BrFN2O. The van der Waals surface area contributed by atoms with Crippen LogP contribution in [0.25, 0.3) is 0 Å². The van der Waals surface area contributed by atoms with Crippen molar-refractivity contribution >= 4 is 15.9 Å². The summed E-state index contributed by atoms with van der Waals surface area (Å²) in [6, 6.07) is 4.31. The van der Waals surface area contributed by atoms with Gasteiger partial charge in [0.15, 0.2) is 0 Å². The van der Waals surface area contributed by atoms with Gasteiger partial charge >= 0.3 is 0 Å². The highest BCUT2D eigenvalue weighted by atomic mass is 79.9. The van der Waals surface area contributed by atoms with E-state index in [1.165, 1.54) is 12.1 Å². The van der Waals surface area contributed by atoms with Crippen molar-refractivity contribution < 1.29 is 9.13 Å². The Hall–Kier alpha value is -0.490. The highest BCUT2D eigenvalue weighted by Crippen LogP contribution is 2.24. The van der Waals surface area contributed by atoms with E-state index in [1.54, 1.807) is 13.2 Å². The molecule has 1 aromatic rings. The fraction of sp³-hybridized carbons (Fsp3) is 0.333. The second-order valence-corrected chi connectivity index (χ2v) is 3.69. The van der Waals surface area contributed by atoms with Gasteiger partial charge in [0.1, 0.15) is 5.82 Å². The van der Waals surface area contributed by atoms with E-state index < -0.39 is 0 Å². The maximum Gasteiger partial charge on any atom is 0.124 e. The summed E-state index contributed by atoms with van der Waals surface area (Å²) in [5.74, 6) is 5.07. The molecule has 0 radical (unpaired) electrons. The smallest absolute Gasteiger partial charge is 0.124 e. The molecule has 0 heterocycles. The molecule has 0 saturated carbocycles. The van der Waals surface area contributed by atoms with E-state index in [0.717, 1.165) is 5.56 Å². The van der Waals surface area contributed by atoms with Crippen molar-refractivity contribution in [2.45, 2.75) is 6.04 Å². The molecule has 0 aliphatic heterocycles. The molecule has 78 valence electrons. The van der Waals surface area contributed by atoms with Crippen LogP contribution < -0.4 is 11.3 Å². The Bertz CT molecular complexity index is 309. The van der Waals surface area contributed by atoms with Gasteiger partial charge in [-0.15, -0.1) is 0 Å². The third kappa shape index (κ3) is 2.75. The van der Waals surface area contributed by atoms with Crippen molar-refractivity contribution in [3.63, 3.8) is 0 Å². The molecule has 0 fully saturated rings. The predicted octanol–water partition coefficient (Wildman–Crippen LogP) is 1.74. The number of methoxy groups -OCH3 is 1. The minimum absolute atomic E-state index is 0.144. The summed E-state index contributed by atoms with van der Waals surface area (Å²) in [5, 5.41) is 0. The van der Waals surface area contributed by atoms with Crippen LogP contribution in [0.5, 0.6) is 0 Å². The number of ether oxygens (including phenoxy) is 1. The standard InChI is InChI=1S/C9H12BrFN2O/c1-14-5-9(13-12)7-3-2-6(11)4-8(7)10/h2-4,9,13H,5,12H2,1H3. The molecule has 0 saturated heterocycles. The molecule has 1 rings (SSSR count). The van der Waals surface area contributed by atoms with Crippen LogP contribution in [0.1, 0.15) is 11.6 Å². The normalized spacial score (nSPS) is 12.9. The molecule has 0 bridgehead atoms. The van der Waals surface area contributed by atoms with E-state index >= 15 is 0 Å². The summed E-state index contributed by atoms with van der Waals surface area (Å²) in [5.41, 5.74) is 3.47. The lowest BCUT2D eigenvalue weighted by Crippen LogP contribution is -2.31. The first-order valence-corrected chi connectivity index (χ1v) is 4.88. The van der Waals surface area contributed by atoms with Gasteiger partial charge in [0, 0.05) is 11.6 Å². The third-order valence-electron chi connectivity index (χ3n) is 1.87.